The lowest BCUT2D eigenvalue weighted by molar-refractivity contribution is -0.122. The highest BCUT2D eigenvalue weighted by molar-refractivity contribution is 5.81. The summed E-state index contributed by atoms with van der Waals surface area (Å²) in [7, 11) is 0. The van der Waals surface area contributed by atoms with Gasteiger partial charge in [-0.2, -0.15) is 0 Å². The molecule has 1 amide bonds. The molecule has 0 spiro atoms. The zero-order valence-electron chi connectivity index (χ0n) is 8.72. The predicted octanol–water partition coefficient (Wildman–Crippen LogP) is -0.0164. The van der Waals surface area contributed by atoms with Crippen LogP contribution in [-0.2, 0) is 4.79 Å². The summed E-state index contributed by atoms with van der Waals surface area (Å²) in [6.07, 6.45) is 5.09. The molecule has 0 radical (unpaired) electrons. The second-order valence-electron chi connectivity index (χ2n) is 3.85. The van der Waals surface area contributed by atoms with E-state index in [0.29, 0.717) is 0 Å². The molecule has 1 rings (SSSR count). The van der Waals surface area contributed by atoms with E-state index in [2.05, 4.69) is 10.6 Å². The van der Waals surface area contributed by atoms with Crippen LogP contribution in [0.25, 0.3) is 0 Å². The minimum atomic E-state index is -0.311. The molecule has 0 bridgehead atoms. The van der Waals surface area contributed by atoms with Crippen LogP contribution < -0.4 is 16.4 Å². The number of hydrogen-bond donors (Lipinski definition) is 3. The molecular weight excluding hydrogens is 178 g/mol. The molecule has 0 aromatic heterocycles. The Morgan fingerprint density at radius 2 is 1.71 bits per heavy atom. The van der Waals surface area contributed by atoms with Crippen LogP contribution in [0.15, 0.2) is 0 Å². The van der Waals surface area contributed by atoms with Gasteiger partial charge in [-0.05, 0) is 38.8 Å². The van der Waals surface area contributed by atoms with E-state index in [1.807, 2.05) is 0 Å². The largest absolute Gasteiger partial charge is 0.355 e. The predicted molar refractivity (Wildman–Crippen MR) is 56.9 cm³/mol. The minimum absolute atomic E-state index is 0.0125. The highest BCUT2D eigenvalue weighted by atomic mass is 16.2. The molecule has 4 N–H and O–H groups in total. The summed E-state index contributed by atoms with van der Waals surface area (Å²) < 4.78 is 0. The van der Waals surface area contributed by atoms with E-state index >= 15 is 0 Å². The zero-order valence-corrected chi connectivity index (χ0v) is 8.72. The molecule has 1 atom stereocenters. The maximum absolute atomic E-state index is 11.4. The summed E-state index contributed by atoms with van der Waals surface area (Å²) in [5.74, 6) is 0.0125. The highest BCUT2D eigenvalue weighted by Gasteiger charge is 2.12. The van der Waals surface area contributed by atoms with E-state index in [9.17, 15) is 4.79 Å². The first-order valence-electron chi connectivity index (χ1n) is 5.55. The molecule has 0 aromatic carbocycles. The van der Waals surface area contributed by atoms with Crippen LogP contribution in [-0.4, -0.2) is 31.6 Å². The quantitative estimate of drug-likeness (QED) is 0.514. The van der Waals surface area contributed by atoms with Gasteiger partial charge in [0.15, 0.2) is 0 Å². The van der Waals surface area contributed by atoms with Gasteiger partial charge in [0.05, 0.1) is 6.04 Å². The van der Waals surface area contributed by atoms with Crippen LogP contribution in [0.5, 0.6) is 0 Å². The first-order chi connectivity index (χ1) is 6.80. The van der Waals surface area contributed by atoms with Gasteiger partial charge >= 0.3 is 0 Å². The number of nitrogens with two attached hydrogens (primary N) is 1. The number of rotatable bonds is 0. The number of carbonyl (C=O) groups excluding carboxylic acids is 1. The molecule has 0 aromatic rings. The van der Waals surface area contributed by atoms with Crippen molar-refractivity contribution in [3.63, 3.8) is 0 Å². The number of hydrogen-bond acceptors (Lipinski definition) is 3. The lowest BCUT2D eigenvalue weighted by Crippen LogP contribution is -2.41. The summed E-state index contributed by atoms with van der Waals surface area (Å²) in [6, 6.07) is -0.311. The molecule has 82 valence electrons. The topological polar surface area (TPSA) is 67.2 Å². The van der Waals surface area contributed by atoms with Crippen molar-refractivity contribution < 1.29 is 4.79 Å². The minimum Gasteiger partial charge on any atom is -0.355 e. The Hall–Kier alpha value is -0.610. The Balaban J connectivity index is 2.27. The van der Waals surface area contributed by atoms with Crippen LogP contribution in [0.4, 0.5) is 0 Å². The number of carbonyl (C=O) groups is 1. The Morgan fingerprint density at radius 1 is 1.07 bits per heavy atom. The van der Waals surface area contributed by atoms with Gasteiger partial charge in [0.1, 0.15) is 0 Å². The third-order valence-electron chi connectivity index (χ3n) is 2.54. The molecular formula is C10H21N3O. The molecule has 1 aliphatic rings. The van der Waals surface area contributed by atoms with Gasteiger partial charge in [-0.3, -0.25) is 4.79 Å². The van der Waals surface area contributed by atoms with E-state index in [4.69, 9.17) is 5.73 Å². The second kappa shape index (κ2) is 6.79. The summed E-state index contributed by atoms with van der Waals surface area (Å²) in [5.41, 5.74) is 5.73. The molecule has 4 nitrogen and oxygen atoms in total. The fraction of sp³-hybridized carbons (Fsp3) is 0.900. The van der Waals surface area contributed by atoms with E-state index in [-0.39, 0.29) is 11.9 Å². The van der Waals surface area contributed by atoms with Gasteiger partial charge in [-0.25, -0.2) is 0 Å². The SMILES string of the molecule is N[C@H]1CCCCNCCCCNC1=O. The molecule has 4 heteroatoms. The fourth-order valence-corrected chi connectivity index (χ4v) is 1.59. The number of nitrogens with one attached hydrogen (secondary N) is 2. The monoisotopic (exact) mass is 199 g/mol. The van der Waals surface area contributed by atoms with Crippen molar-refractivity contribution in [3.8, 4) is 0 Å². The van der Waals surface area contributed by atoms with Gasteiger partial charge in [-0.1, -0.05) is 6.42 Å². The first-order valence-corrected chi connectivity index (χ1v) is 5.55. The van der Waals surface area contributed by atoms with Gasteiger partial charge in [0.25, 0.3) is 0 Å². The molecule has 1 fully saturated rings. The summed E-state index contributed by atoms with van der Waals surface area (Å²) >= 11 is 0. The fourth-order valence-electron chi connectivity index (χ4n) is 1.59. The van der Waals surface area contributed by atoms with E-state index in [0.717, 1.165) is 51.7 Å². The Kier molecular flexibility index (Phi) is 5.56. The lowest BCUT2D eigenvalue weighted by atomic mass is 10.1. The molecule has 1 aliphatic heterocycles. The van der Waals surface area contributed by atoms with Crippen molar-refractivity contribution in [1.82, 2.24) is 10.6 Å². The number of amides is 1. The second-order valence-corrected chi connectivity index (χ2v) is 3.85. The Morgan fingerprint density at radius 3 is 2.50 bits per heavy atom. The van der Waals surface area contributed by atoms with E-state index in [1.54, 1.807) is 0 Å². The smallest absolute Gasteiger partial charge is 0.236 e. The molecule has 1 heterocycles. The van der Waals surface area contributed by atoms with Crippen LogP contribution in [0.1, 0.15) is 32.1 Å². The maximum atomic E-state index is 11.4. The lowest BCUT2D eigenvalue weighted by Gasteiger charge is -2.13. The van der Waals surface area contributed by atoms with Crippen molar-refractivity contribution in [2.75, 3.05) is 19.6 Å². The zero-order chi connectivity index (χ0) is 10.2. The first kappa shape index (κ1) is 11.5. The molecule has 1 saturated heterocycles. The van der Waals surface area contributed by atoms with Crippen LogP contribution in [0, 0.1) is 0 Å². The van der Waals surface area contributed by atoms with Crippen molar-refractivity contribution in [2.24, 2.45) is 5.73 Å². The van der Waals surface area contributed by atoms with Crippen LogP contribution in [0.2, 0.25) is 0 Å². The van der Waals surface area contributed by atoms with Crippen LogP contribution in [0.3, 0.4) is 0 Å². The molecule has 0 unspecified atom stereocenters. The Labute approximate surface area is 85.6 Å². The van der Waals surface area contributed by atoms with Crippen molar-refractivity contribution in [2.45, 2.75) is 38.1 Å². The summed E-state index contributed by atoms with van der Waals surface area (Å²) in [4.78, 5) is 11.4. The highest BCUT2D eigenvalue weighted by Crippen LogP contribution is 1.99. The third kappa shape index (κ3) is 4.58. The van der Waals surface area contributed by atoms with E-state index < -0.39 is 0 Å². The van der Waals surface area contributed by atoms with E-state index in [1.165, 1.54) is 0 Å². The van der Waals surface area contributed by atoms with Crippen molar-refractivity contribution in [3.05, 3.63) is 0 Å². The van der Waals surface area contributed by atoms with Gasteiger partial charge in [-0.15, -0.1) is 0 Å². The normalized spacial score (nSPS) is 27.2. The molecule has 0 saturated carbocycles. The van der Waals surface area contributed by atoms with Gasteiger partial charge in [0, 0.05) is 6.54 Å². The summed E-state index contributed by atoms with van der Waals surface area (Å²) in [6.45, 7) is 2.87. The Bertz CT molecular complexity index is 173. The van der Waals surface area contributed by atoms with Crippen molar-refractivity contribution >= 4 is 5.91 Å². The van der Waals surface area contributed by atoms with Gasteiger partial charge < -0.3 is 16.4 Å². The third-order valence-corrected chi connectivity index (χ3v) is 2.54. The van der Waals surface area contributed by atoms with Gasteiger partial charge in [0.2, 0.25) is 5.91 Å². The molecule has 14 heavy (non-hydrogen) atoms. The maximum Gasteiger partial charge on any atom is 0.236 e. The standard InChI is InChI=1S/C10H21N3O/c11-9-5-1-2-6-12-7-3-4-8-13-10(9)14/h9,12H,1-8,11H2,(H,13,14)/t9-/m0/s1. The average molecular weight is 199 g/mol. The van der Waals surface area contributed by atoms with Crippen molar-refractivity contribution in [1.29, 1.82) is 0 Å². The summed E-state index contributed by atoms with van der Waals surface area (Å²) in [5, 5.41) is 6.23. The molecule has 0 aliphatic carbocycles. The average Bonchev–Trinajstić information content (AvgIpc) is 2.18. The van der Waals surface area contributed by atoms with Crippen LogP contribution >= 0.6 is 0 Å².